The van der Waals surface area contributed by atoms with Gasteiger partial charge in [0.1, 0.15) is 0 Å². The number of hydrogen-bond donors (Lipinski definition) is 2. The first kappa shape index (κ1) is 11.9. The molecule has 0 spiro atoms. The predicted molar refractivity (Wildman–Crippen MR) is 67.7 cm³/mol. The second-order valence-electron chi connectivity index (χ2n) is 4.53. The van der Waals surface area contributed by atoms with E-state index in [0.29, 0.717) is 11.3 Å². The topological polar surface area (TPSA) is 84.8 Å². The van der Waals surface area contributed by atoms with Crippen LogP contribution in [0.25, 0.3) is 0 Å². The number of ether oxygens (including phenoxy) is 1. The van der Waals surface area contributed by atoms with Crippen LogP contribution < -0.4 is 5.32 Å². The van der Waals surface area contributed by atoms with Crippen LogP contribution in [-0.2, 0) is 11.3 Å². The highest BCUT2D eigenvalue weighted by atomic mass is 16.5. The van der Waals surface area contributed by atoms with Crippen molar-refractivity contribution < 1.29 is 9.53 Å². The van der Waals surface area contributed by atoms with E-state index in [1.807, 2.05) is 0 Å². The van der Waals surface area contributed by atoms with Gasteiger partial charge in [-0.2, -0.15) is 10.2 Å². The van der Waals surface area contributed by atoms with Crippen molar-refractivity contribution in [2.75, 3.05) is 11.9 Å². The van der Waals surface area contributed by atoms with Crippen LogP contribution in [-0.4, -0.2) is 38.6 Å². The second kappa shape index (κ2) is 5.23. The van der Waals surface area contributed by atoms with Gasteiger partial charge in [-0.3, -0.25) is 14.6 Å². The summed E-state index contributed by atoms with van der Waals surface area (Å²) in [5.74, 6) is -0.203. The molecule has 0 bridgehead atoms. The molecule has 0 aromatic carbocycles. The highest BCUT2D eigenvalue weighted by Crippen LogP contribution is 2.15. The van der Waals surface area contributed by atoms with Crippen LogP contribution >= 0.6 is 0 Å². The molecule has 1 aliphatic rings. The molecule has 1 amide bonds. The van der Waals surface area contributed by atoms with E-state index in [-0.39, 0.29) is 12.0 Å². The van der Waals surface area contributed by atoms with Crippen LogP contribution in [0.5, 0.6) is 0 Å². The number of carbonyl (C=O) groups is 1. The zero-order valence-electron chi connectivity index (χ0n) is 10.4. The zero-order valence-corrected chi connectivity index (χ0v) is 10.4. The average Bonchev–Trinajstić information content (AvgIpc) is 3.10. The number of rotatable bonds is 4. The van der Waals surface area contributed by atoms with Crippen molar-refractivity contribution in [3.8, 4) is 0 Å². The summed E-state index contributed by atoms with van der Waals surface area (Å²) in [5.41, 5.74) is 1.16. The molecule has 7 nitrogen and oxygen atoms in total. The van der Waals surface area contributed by atoms with E-state index >= 15 is 0 Å². The van der Waals surface area contributed by atoms with E-state index in [2.05, 4.69) is 20.6 Å². The lowest BCUT2D eigenvalue weighted by Crippen LogP contribution is -2.15. The number of carbonyl (C=O) groups excluding carboxylic acids is 1. The molecule has 19 heavy (non-hydrogen) atoms. The van der Waals surface area contributed by atoms with Gasteiger partial charge in [0.25, 0.3) is 5.91 Å². The van der Waals surface area contributed by atoms with Crippen LogP contribution in [0, 0.1) is 0 Å². The number of nitrogens with one attached hydrogen (secondary N) is 2. The Morgan fingerprint density at radius 1 is 1.58 bits per heavy atom. The third-order valence-electron chi connectivity index (χ3n) is 3.07. The fraction of sp³-hybridized carbons (Fsp3) is 0.417. The van der Waals surface area contributed by atoms with E-state index in [0.717, 1.165) is 26.0 Å². The van der Waals surface area contributed by atoms with E-state index in [4.69, 9.17) is 4.74 Å². The van der Waals surface area contributed by atoms with Crippen molar-refractivity contribution in [1.29, 1.82) is 0 Å². The summed E-state index contributed by atoms with van der Waals surface area (Å²) in [6.07, 6.45) is 8.87. The van der Waals surface area contributed by atoms with Crippen LogP contribution in [0.3, 0.4) is 0 Å². The minimum absolute atomic E-state index is 0.203. The monoisotopic (exact) mass is 261 g/mol. The first-order valence-electron chi connectivity index (χ1n) is 6.25. The molecule has 1 unspecified atom stereocenters. The molecular weight excluding hydrogens is 246 g/mol. The molecule has 2 aromatic rings. The summed E-state index contributed by atoms with van der Waals surface area (Å²) in [7, 11) is 0. The predicted octanol–water partition coefficient (Wildman–Crippen LogP) is 1.04. The van der Waals surface area contributed by atoms with Crippen molar-refractivity contribution in [3.05, 3.63) is 30.4 Å². The zero-order chi connectivity index (χ0) is 13.1. The molecule has 0 aliphatic carbocycles. The summed E-state index contributed by atoms with van der Waals surface area (Å²) in [6.45, 7) is 1.55. The largest absolute Gasteiger partial charge is 0.376 e. The molecule has 7 heteroatoms. The number of H-pyrrole nitrogens is 1. The lowest BCUT2D eigenvalue weighted by Gasteiger charge is -2.08. The molecule has 0 radical (unpaired) electrons. The third kappa shape index (κ3) is 2.82. The standard InChI is InChI=1S/C12H15N5O2/c18-12(9-4-13-14-5-9)16-10-6-15-17(7-10)8-11-2-1-3-19-11/h4-7,11H,1-3,8H2,(H,13,14)(H,16,18). The average molecular weight is 261 g/mol. The van der Waals surface area contributed by atoms with Gasteiger partial charge in [0, 0.05) is 19.0 Å². The fourth-order valence-electron chi connectivity index (χ4n) is 2.10. The Labute approximate surface area is 110 Å². The lowest BCUT2D eigenvalue weighted by atomic mass is 10.2. The molecule has 1 atom stereocenters. The first-order chi connectivity index (χ1) is 9.31. The van der Waals surface area contributed by atoms with E-state index in [1.54, 1.807) is 23.3 Å². The summed E-state index contributed by atoms with van der Waals surface area (Å²) >= 11 is 0. The van der Waals surface area contributed by atoms with Gasteiger partial charge in [-0.05, 0) is 12.8 Å². The van der Waals surface area contributed by atoms with Gasteiger partial charge in [-0.1, -0.05) is 0 Å². The quantitative estimate of drug-likeness (QED) is 0.861. The Morgan fingerprint density at radius 3 is 3.26 bits per heavy atom. The number of hydrogen-bond acceptors (Lipinski definition) is 4. The Kier molecular flexibility index (Phi) is 3.28. The Morgan fingerprint density at radius 2 is 2.53 bits per heavy atom. The Hall–Kier alpha value is -2.15. The number of aromatic amines is 1. The molecule has 1 aliphatic heterocycles. The van der Waals surface area contributed by atoms with E-state index in [9.17, 15) is 4.79 Å². The van der Waals surface area contributed by atoms with Crippen LogP contribution in [0.1, 0.15) is 23.2 Å². The van der Waals surface area contributed by atoms with Gasteiger partial charge in [-0.15, -0.1) is 0 Å². The maximum atomic E-state index is 11.8. The molecule has 3 heterocycles. The van der Waals surface area contributed by atoms with Crippen molar-refractivity contribution in [1.82, 2.24) is 20.0 Å². The van der Waals surface area contributed by atoms with Gasteiger partial charge in [0.15, 0.2) is 0 Å². The normalized spacial score (nSPS) is 18.6. The maximum absolute atomic E-state index is 11.8. The lowest BCUT2D eigenvalue weighted by molar-refractivity contribution is 0.0940. The minimum Gasteiger partial charge on any atom is -0.376 e. The van der Waals surface area contributed by atoms with E-state index in [1.165, 1.54) is 6.20 Å². The van der Waals surface area contributed by atoms with Crippen LogP contribution in [0.15, 0.2) is 24.8 Å². The molecule has 1 fully saturated rings. The molecular formula is C12H15N5O2. The van der Waals surface area contributed by atoms with E-state index < -0.39 is 0 Å². The number of nitrogens with zero attached hydrogens (tertiary/aromatic N) is 3. The summed E-state index contributed by atoms with van der Waals surface area (Å²) < 4.78 is 7.34. The van der Waals surface area contributed by atoms with Crippen LogP contribution in [0.2, 0.25) is 0 Å². The van der Waals surface area contributed by atoms with Crippen molar-refractivity contribution >= 4 is 11.6 Å². The van der Waals surface area contributed by atoms with Gasteiger partial charge >= 0.3 is 0 Å². The number of anilines is 1. The first-order valence-corrected chi connectivity index (χ1v) is 6.25. The molecule has 2 aromatic heterocycles. The third-order valence-corrected chi connectivity index (χ3v) is 3.07. The van der Waals surface area contributed by atoms with Crippen molar-refractivity contribution in [2.24, 2.45) is 0 Å². The van der Waals surface area contributed by atoms with Crippen molar-refractivity contribution in [3.63, 3.8) is 0 Å². The molecule has 3 rings (SSSR count). The van der Waals surface area contributed by atoms with Gasteiger partial charge < -0.3 is 10.1 Å². The summed E-state index contributed by atoms with van der Waals surface area (Å²) in [5, 5.41) is 13.3. The SMILES string of the molecule is O=C(Nc1cnn(CC2CCCO2)c1)c1cn[nH]c1. The number of amides is 1. The van der Waals surface area contributed by atoms with Gasteiger partial charge in [0.05, 0.1) is 36.3 Å². The summed E-state index contributed by atoms with van der Waals surface area (Å²) in [6, 6.07) is 0. The fourth-order valence-corrected chi connectivity index (χ4v) is 2.10. The smallest absolute Gasteiger partial charge is 0.258 e. The second-order valence-corrected chi connectivity index (χ2v) is 4.53. The summed E-state index contributed by atoms with van der Waals surface area (Å²) in [4.78, 5) is 11.8. The van der Waals surface area contributed by atoms with Crippen molar-refractivity contribution in [2.45, 2.75) is 25.5 Å². The van der Waals surface area contributed by atoms with Gasteiger partial charge in [0.2, 0.25) is 0 Å². The van der Waals surface area contributed by atoms with Gasteiger partial charge in [-0.25, -0.2) is 0 Å². The number of aromatic nitrogens is 4. The minimum atomic E-state index is -0.203. The Bertz CT molecular complexity index is 542. The highest BCUT2D eigenvalue weighted by molar-refractivity contribution is 6.03. The molecule has 2 N–H and O–H groups in total. The molecule has 0 saturated carbocycles. The molecule has 1 saturated heterocycles. The maximum Gasteiger partial charge on any atom is 0.258 e. The molecule has 100 valence electrons. The highest BCUT2D eigenvalue weighted by Gasteiger charge is 2.16. The van der Waals surface area contributed by atoms with Crippen LogP contribution in [0.4, 0.5) is 5.69 Å². The Balaban J connectivity index is 1.60.